The quantitative estimate of drug-likeness (QED) is 0.214. The largest absolute Gasteiger partial charge is 0.433 e. The topological polar surface area (TPSA) is 77.5 Å². The van der Waals surface area contributed by atoms with Crippen LogP contribution < -0.4 is 5.32 Å². The SMILES string of the molecule is O=[N+]([O-])c1ccc([C@@H]2Nc3c(Br)cc(Br)cc3C(c3ccccc3)(c3ccccc3)O2)o1. The number of hydrogen-bond donors (Lipinski definition) is 1. The smallest absolute Gasteiger partial charge is 0.401 e. The van der Waals surface area contributed by atoms with E-state index in [-0.39, 0.29) is 5.88 Å². The van der Waals surface area contributed by atoms with E-state index in [1.165, 1.54) is 6.07 Å². The summed E-state index contributed by atoms with van der Waals surface area (Å²) in [6, 6.07) is 26.7. The third-order valence-corrected chi connectivity index (χ3v) is 6.50. The van der Waals surface area contributed by atoms with Crippen molar-refractivity contribution < 1.29 is 14.1 Å². The maximum absolute atomic E-state index is 11.2. The van der Waals surface area contributed by atoms with Crippen LogP contribution in [0.5, 0.6) is 0 Å². The van der Waals surface area contributed by atoms with Gasteiger partial charge in [-0.1, -0.05) is 76.6 Å². The highest BCUT2D eigenvalue weighted by Crippen LogP contribution is 2.52. The Labute approximate surface area is 200 Å². The van der Waals surface area contributed by atoms with E-state index in [1.807, 2.05) is 72.8 Å². The molecule has 0 spiro atoms. The minimum absolute atomic E-state index is 0.313. The molecule has 0 saturated heterocycles. The standard InChI is InChI=1S/C24H16Br2N2O4/c25-17-13-18-22(19(26)14-17)27-23(20-11-12-21(31-20)28(29)30)32-24(18,15-7-3-1-4-8-15)16-9-5-2-6-10-16/h1-14,23,27H/t23-/m1/s1. The fourth-order valence-corrected chi connectivity index (χ4v) is 5.41. The number of hydrogen-bond acceptors (Lipinski definition) is 5. The van der Waals surface area contributed by atoms with Crippen LogP contribution in [0.1, 0.15) is 28.7 Å². The maximum Gasteiger partial charge on any atom is 0.433 e. The number of nitro groups is 1. The first-order valence-corrected chi connectivity index (χ1v) is 11.4. The first-order chi connectivity index (χ1) is 15.5. The van der Waals surface area contributed by atoms with Crippen LogP contribution in [0.3, 0.4) is 0 Å². The van der Waals surface area contributed by atoms with E-state index in [9.17, 15) is 10.1 Å². The maximum atomic E-state index is 11.2. The molecule has 0 unspecified atom stereocenters. The molecule has 1 aliphatic heterocycles. The summed E-state index contributed by atoms with van der Waals surface area (Å²) in [5.41, 5.74) is 2.56. The zero-order valence-electron chi connectivity index (χ0n) is 16.5. The lowest BCUT2D eigenvalue weighted by Crippen LogP contribution is -2.41. The molecule has 0 aliphatic carbocycles. The molecule has 0 radical (unpaired) electrons. The van der Waals surface area contributed by atoms with Crippen molar-refractivity contribution in [2.75, 3.05) is 5.32 Å². The van der Waals surface area contributed by atoms with E-state index in [0.717, 1.165) is 31.3 Å². The van der Waals surface area contributed by atoms with E-state index in [1.54, 1.807) is 6.07 Å². The van der Waals surface area contributed by atoms with Gasteiger partial charge in [-0.05, 0) is 45.3 Å². The lowest BCUT2D eigenvalue weighted by molar-refractivity contribution is -0.402. The molecule has 0 saturated carbocycles. The fourth-order valence-electron chi connectivity index (χ4n) is 4.07. The third kappa shape index (κ3) is 3.44. The molecular formula is C24H16Br2N2O4. The second kappa shape index (κ2) is 8.20. The number of halogens is 2. The van der Waals surface area contributed by atoms with Crippen LogP contribution in [0.25, 0.3) is 0 Å². The molecule has 5 rings (SSSR count). The predicted molar refractivity (Wildman–Crippen MR) is 127 cm³/mol. The van der Waals surface area contributed by atoms with Crippen molar-refractivity contribution in [1.29, 1.82) is 0 Å². The van der Waals surface area contributed by atoms with E-state index in [2.05, 4.69) is 37.2 Å². The van der Waals surface area contributed by atoms with E-state index >= 15 is 0 Å². The van der Waals surface area contributed by atoms with Gasteiger partial charge in [0.2, 0.25) is 0 Å². The Kier molecular flexibility index (Phi) is 5.36. The lowest BCUT2D eigenvalue weighted by atomic mass is 9.78. The van der Waals surface area contributed by atoms with Crippen LogP contribution in [0.2, 0.25) is 0 Å². The van der Waals surface area contributed by atoms with Crippen LogP contribution >= 0.6 is 31.9 Å². The molecule has 8 heteroatoms. The Morgan fingerprint density at radius 1 is 0.906 bits per heavy atom. The average Bonchev–Trinajstić information content (AvgIpc) is 3.31. The molecule has 1 aliphatic rings. The number of rotatable bonds is 4. The molecule has 1 N–H and O–H groups in total. The summed E-state index contributed by atoms with van der Waals surface area (Å²) in [5, 5.41) is 14.5. The van der Waals surface area contributed by atoms with Crippen molar-refractivity contribution >= 4 is 43.4 Å². The Balaban J connectivity index is 1.80. The van der Waals surface area contributed by atoms with Crippen LogP contribution in [0, 0.1) is 10.1 Å². The summed E-state index contributed by atoms with van der Waals surface area (Å²) in [7, 11) is 0. The van der Waals surface area contributed by atoms with Gasteiger partial charge in [-0.25, -0.2) is 0 Å². The molecule has 1 atom stereocenters. The Bertz CT molecular complexity index is 1250. The van der Waals surface area contributed by atoms with Crippen molar-refractivity contribution in [3.8, 4) is 0 Å². The molecule has 6 nitrogen and oxygen atoms in total. The van der Waals surface area contributed by atoms with Crippen LogP contribution in [-0.2, 0) is 10.3 Å². The third-order valence-electron chi connectivity index (χ3n) is 5.42. The van der Waals surface area contributed by atoms with Crippen LogP contribution in [-0.4, -0.2) is 4.92 Å². The molecule has 0 fully saturated rings. The molecule has 3 aromatic carbocycles. The Morgan fingerprint density at radius 2 is 1.53 bits per heavy atom. The van der Waals surface area contributed by atoms with Crippen molar-refractivity contribution in [3.63, 3.8) is 0 Å². The molecule has 4 aromatic rings. The zero-order valence-corrected chi connectivity index (χ0v) is 19.7. The van der Waals surface area contributed by atoms with E-state index in [4.69, 9.17) is 9.15 Å². The molecule has 0 amide bonds. The van der Waals surface area contributed by atoms with Gasteiger partial charge in [0.05, 0.1) is 11.8 Å². The van der Waals surface area contributed by atoms with Gasteiger partial charge in [0.15, 0.2) is 12.0 Å². The first kappa shape index (κ1) is 20.9. The number of nitrogens with one attached hydrogen (secondary N) is 1. The summed E-state index contributed by atoms with van der Waals surface area (Å²) in [6.45, 7) is 0. The molecular weight excluding hydrogens is 540 g/mol. The Morgan fingerprint density at radius 3 is 2.09 bits per heavy atom. The van der Waals surface area contributed by atoms with Crippen LogP contribution in [0.15, 0.2) is 98.3 Å². The first-order valence-electron chi connectivity index (χ1n) is 9.78. The molecule has 2 heterocycles. The van der Waals surface area contributed by atoms with Gasteiger partial charge in [0, 0.05) is 14.5 Å². The zero-order chi connectivity index (χ0) is 22.3. The normalized spacial score (nSPS) is 16.8. The summed E-state index contributed by atoms with van der Waals surface area (Å²) in [5.74, 6) is -0.0236. The number of furan rings is 1. The van der Waals surface area contributed by atoms with Gasteiger partial charge < -0.3 is 14.5 Å². The molecule has 32 heavy (non-hydrogen) atoms. The number of ether oxygens (including phenoxy) is 1. The van der Waals surface area contributed by atoms with E-state index < -0.39 is 16.8 Å². The van der Waals surface area contributed by atoms with Crippen molar-refractivity contribution in [2.24, 2.45) is 0 Å². The second-order valence-corrected chi connectivity index (χ2v) is 9.07. The summed E-state index contributed by atoms with van der Waals surface area (Å²) in [6.07, 6.45) is -0.769. The van der Waals surface area contributed by atoms with E-state index in [0.29, 0.717) is 5.76 Å². The highest BCUT2D eigenvalue weighted by Gasteiger charge is 2.46. The van der Waals surface area contributed by atoms with Gasteiger partial charge in [0.25, 0.3) is 0 Å². The highest BCUT2D eigenvalue weighted by atomic mass is 79.9. The fraction of sp³-hybridized carbons (Fsp3) is 0.0833. The number of benzene rings is 3. The minimum Gasteiger partial charge on any atom is -0.401 e. The monoisotopic (exact) mass is 554 g/mol. The minimum atomic E-state index is -0.998. The second-order valence-electron chi connectivity index (χ2n) is 7.30. The summed E-state index contributed by atoms with van der Waals surface area (Å²) < 4.78 is 14.0. The number of fused-ring (bicyclic) bond motifs is 1. The molecule has 0 bridgehead atoms. The van der Waals surface area contributed by atoms with Crippen molar-refractivity contribution in [1.82, 2.24) is 0 Å². The highest BCUT2D eigenvalue weighted by molar-refractivity contribution is 9.11. The predicted octanol–water partition coefficient (Wildman–Crippen LogP) is 7.15. The number of anilines is 1. The van der Waals surface area contributed by atoms with Crippen molar-refractivity contribution in [3.05, 3.63) is 126 Å². The van der Waals surface area contributed by atoms with Gasteiger partial charge in [-0.2, -0.15) is 0 Å². The summed E-state index contributed by atoms with van der Waals surface area (Å²) >= 11 is 7.28. The number of nitrogens with zero attached hydrogens (tertiary/aromatic N) is 1. The van der Waals surface area contributed by atoms with Gasteiger partial charge in [-0.3, -0.25) is 10.1 Å². The molecule has 1 aromatic heterocycles. The lowest BCUT2D eigenvalue weighted by Gasteiger charge is -2.44. The Hall–Kier alpha value is -2.94. The molecule has 160 valence electrons. The van der Waals surface area contributed by atoms with Crippen molar-refractivity contribution in [2.45, 2.75) is 11.8 Å². The summed E-state index contributed by atoms with van der Waals surface area (Å²) in [4.78, 5) is 10.6. The van der Waals surface area contributed by atoms with Gasteiger partial charge >= 0.3 is 5.88 Å². The van der Waals surface area contributed by atoms with Gasteiger partial charge in [-0.15, -0.1) is 0 Å². The van der Waals surface area contributed by atoms with Crippen LogP contribution in [0.4, 0.5) is 11.6 Å². The average molecular weight is 556 g/mol. The van der Waals surface area contributed by atoms with Gasteiger partial charge in [0.1, 0.15) is 10.5 Å².